The van der Waals surface area contributed by atoms with E-state index in [2.05, 4.69) is 41.3 Å². The third-order valence-corrected chi connectivity index (χ3v) is 4.01. The minimum absolute atomic E-state index is 0.810. The van der Waals surface area contributed by atoms with Crippen molar-refractivity contribution in [1.29, 1.82) is 0 Å². The van der Waals surface area contributed by atoms with Gasteiger partial charge in [-0.1, -0.05) is 54.7 Å². The van der Waals surface area contributed by atoms with Crippen molar-refractivity contribution >= 4 is 22.8 Å². The van der Waals surface area contributed by atoms with Gasteiger partial charge in [0.05, 0.1) is 18.1 Å². The van der Waals surface area contributed by atoms with Gasteiger partial charge < -0.3 is 9.64 Å². The second-order valence-corrected chi connectivity index (χ2v) is 5.25. The molecule has 0 aliphatic carbocycles. The highest BCUT2D eigenvalue weighted by molar-refractivity contribution is 7.81. The third kappa shape index (κ3) is 2.89. The monoisotopic (exact) mass is 283 g/mol. The molecule has 1 aliphatic rings. The summed E-state index contributed by atoms with van der Waals surface area (Å²) in [6.45, 7) is 3.54. The van der Waals surface area contributed by atoms with Crippen LogP contribution in [0.25, 0.3) is 0 Å². The lowest BCUT2D eigenvalue weighted by Crippen LogP contribution is -2.36. The largest absolute Gasteiger partial charge is 0.378 e. The van der Waals surface area contributed by atoms with Crippen LogP contribution in [-0.2, 0) is 4.74 Å². The van der Waals surface area contributed by atoms with E-state index in [1.54, 1.807) is 0 Å². The van der Waals surface area contributed by atoms with Crippen LogP contribution >= 0.6 is 12.2 Å². The van der Waals surface area contributed by atoms with Crippen LogP contribution in [0.2, 0.25) is 0 Å². The van der Waals surface area contributed by atoms with Crippen LogP contribution < -0.4 is 4.90 Å². The summed E-state index contributed by atoms with van der Waals surface area (Å²) in [6, 6.07) is 18.7. The zero-order chi connectivity index (χ0) is 13.8. The Morgan fingerprint density at radius 3 is 2.10 bits per heavy atom. The van der Waals surface area contributed by atoms with Crippen molar-refractivity contribution in [3.63, 3.8) is 0 Å². The van der Waals surface area contributed by atoms with Crippen molar-refractivity contribution in [2.75, 3.05) is 31.2 Å². The maximum Gasteiger partial charge on any atom is 0.0642 e. The second kappa shape index (κ2) is 6.16. The summed E-state index contributed by atoms with van der Waals surface area (Å²) in [7, 11) is 0. The van der Waals surface area contributed by atoms with Crippen LogP contribution in [0.4, 0.5) is 5.69 Å². The Balaban J connectivity index is 1.77. The fourth-order valence-electron chi connectivity index (χ4n) is 2.40. The molecule has 2 aromatic rings. The normalized spacial score (nSPS) is 15.1. The Morgan fingerprint density at radius 1 is 0.850 bits per heavy atom. The SMILES string of the molecule is S=C(c1ccccc1)c1ccc(N2CCOCC2)cc1. The Labute approximate surface area is 125 Å². The van der Waals surface area contributed by atoms with Crippen molar-refractivity contribution in [2.24, 2.45) is 0 Å². The quantitative estimate of drug-likeness (QED) is 0.633. The average Bonchev–Trinajstić information content (AvgIpc) is 2.56. The van der Waals surface area contributed by atoms with Crippen LogP contribution in [0.1, 0.15) is 11.1 Å². The smallest absolute Gasteiger partial charge is 0.0642 e. The van der Waals surface area contributed by atoms with Gasteiger partial charge in [-0.3, -0.25) is 0 Å². The molecule has 0 atom stereocenters. The molecule has 1 heterocycles. The van der Waals surface area contributed by atoms with Crippen LogP contribution in [-0.4, -0.2) is 31.2 Å². The van der Waals surface area contributed by atoms with Crippen LogP contribution in [0.3, 0.4) is 0 Å². The second-order valence-electron chi connectivity index (χ2n) is 4.84. The highest BCUT2D eigenvalue weighted by Gasteiger charge is 2.11. The molecule has 0 amide bonds. The Morgan fingerprint density at radius 2 is 1.45 bits per heavy atom. The van der Waals surface area contributed by atoms with E-state index in [1.165, 1.54) is 5.69 Å². The molecule has 0 aromatic heterocycles. The minimum atomic E-state index is 0.810. The van der Waals surface area contributed by atoms with E-state index in [4.69, 9.17) is 17.0 Å². The molecule has 2 nitrogen and oxygen atoms in total. The van der Waals surface area contributed by atoms with Gasteiger partial charge in [-0.05, 0) is 23.3 Å². The molecule has 1 saturated heterocycles. The molecule has 20 heavy (non-hydrogen) atoms. The molecular formula is C17H17NOS. The van der Waals surface area contributed by atoms with Gasteiger partial charge >= 0.3 is 0 Å². The van der Waals surface area contributed by atoms with Crippen molar-refractivity contribution < 1.29 is 4.74 Å². The minimum Gasteiger partial charge on any atom is -0.378 e. The van der Waals surface area contributed by atoms with E-state index in [-0.39, 0.29) is 0 Å². The predicted octanol–water partition coefficient (Wildman–Crippen LogP) is 3.29. The molecule has 0 saturated carbocycles. The zero-order valence-electron chi connectivity index (χ0n) is 11.3. The maximum absolute atomic E-state index is 5.55. The molecule has 102 valence electrons. The topological polar surface area (TPSA) is 12.5 Å². The highest BCUT2D eigenvalue weighted by atomic mass is 32.1. The molecule has 0 radical (unpaired) electrons. The van der Waals surface area contributed by atoms with Gasteiger partial charge in [0.15, 0.2) is 0 Å². The van der Waals surface area contributed by atoms with Crippen LogP contribution in [0, 0.1) is 0 Å². The summed E-state index contributed by atoms with van der Waals surface area (Å²) < 4.78 is 5.38. The molecule has 0 N–H and O–H groups in total. The van der Waals surface area contributed by atoms with Crippen molar-refractivity contribution in [3.8, 4) is 0 Å². The summed E-state index contributed by atoms with van der Waals surface area (Å²) in [4.78, 5) is 3.25. The fourth-order valence-corrected chi connectivity index (χ4v) is 2.67. The third-order valence-electron chi connectivity index (χ3n) is 3.54. The van der Waals surface area contributed by atoms with E-state index >= 15 is 0 Å². The first-order valence-electron chi connectivity index (χ1n) is 6.87. The predicted molar refractivity (Wildman–Crippen MR) is 86.7 cm³/mol. The molecule has 0 bridgehead atoms. The average molecular weight is 283 g/mol. The number of nitrogens with zero attached hydrogens (tertiary/aromatic N) is 1. The number of hydrogen-bond donors (Lipinski definition) is 0. The van der Waals surface area contributed by atoms with Crippen molar-refractivity contribution in [1.82, 2.24) is 0 Å². The van der Waals surface area contributed by atoms with Gasteiger partial charge in [0.25, 0.3) is 0 Å². The lowest BCUT2D eigenvalue weighted by atomic mass is 10.0. The first kappa shape index (κ1) is 13.3. The molecule has 3 heteroatoms. The fraction of sp³-hybridized carbons (Fsp3) is 0.235. The summed E-state index contributed by atoms with van der Waals surface area (Å²) in [5, 5.41) is 0. The van der Waals surface area contributed by atoms with Gasteiger partial charge in [-0.2, -0.15) is 0 Å². The van der Waals surface area contributed by atoms with E-state index in [1.807, 2.05) is 18.2 Å². The van der Waals surface area contributed by atoms with Gasteiger partial charge in [-0.25, -0.2) is 0 Å². The number of anilines is 1. The van der Waals surface area contributed by atoms with Crippen LogP contribution in [0.5, 0.6) is 0 Å². The lowest BCUT2D eigenvalue weighted by Gasteiger charge is -2.28. The maximum atomic E-state index is 5.55. The molecule has 0 spiro atoms. The Kier molecular flexibility index (Phi) is 4.09. The number of hydrogen-bond acceptors (Lipinski definition) is 3. The Bertz CT molecular complexity index is 574. The summed E-state index contributed by atoms with van der Waals surface area (Å²) in [5.41, 5.74) is 3.44. The number of thiocarbonyl (C=S) groups is 1. The van der Waals surface area contributed by atoms with Crippen molar-refractivity contribution in [2.45, 2.75) is 0 Å². The molecule has 2 aromatic carbocycles. The number of rotatable bonds is 3. The summed E-state index contributed by atoms with van der Waals surface area (Å²) in [5.74, 6) is 0. The molecule has 3 rings (SSSR count). The van der Waals surface area contributed by atoms with Gasteiger partial charge in [-0.15, -0.1) is 0 Å². The van der Waals surface area contributed by atoms with Gasteiger partial charge in [0.1, 0.15) is 0 Å². The van der Waals surface area contributed by atoms with E-state index in [0.29, 0.717) is 0 Å². The van der Waals surface area contributed by atoms with E-state index in [0.717, 1.165) is 42.3 Å². The Hall–Kier alpha value is -1.71. The first-order valence-corrected chi connectivity index (χ1v) is 7.28. The van der Waals surface area contributed by atoms with E-state index < -0.39 is 0 Å². The molecule has 1 aliphatic heterocycles. The number of benzene rings is 2. The van der Waals surface area contributed by atoms with E-state index in [9.17, 15) is 0 Å². The standard InChI is InChI=1S/C17H17NOS/c20-17(14-4-2-1-3-5-14)15-6-8-16(9-7-15)18-10-12-19-13-11-18/h1-9H,10-13H2. The molecular weight excluding hydrogens is 266 g/mol. The first-order chi connectivity index (χ1) is 9.84. The zero-order valence-corrected chi connectivity index (χ0v) is 12.1. The van der Waals surface area contributed by atoms with Crippen molar-refractivity contribution in [3.05, 3.63) is 65.7 Å². The number of morpholine rings is 1. The molecule has 1 fully saturated rings. The summed E-state index contributed by atoms with van der Waals surface area (Å²) in [6.07, 6.45) is 0. The number of ether oxygens (including phenoxy) is 1. The lowest BCUT2D eigenvalue weighted by molar-refractivity contribution is 0.122. The summed E-state index contributed by atoms with van der Waals surface area (Å²) >= 11 is 5.55. The highest BCUT2D eigenvalue weighted by Crippen LogP contribution is 2.19. The molecule has 0 unspecified atom stereocenters. The van der Waals surface area contributed by atoms with Gasteiger partial charge in [0.2, 0.25) is 0 Å². The van der Waals surface area contributed by atoms with Gasteiger partial charge in [0, 0.05) is 18.8 Å². The van der Waals surface area contributed by atoms with Crippen LogP contribution in [0.15, 0.2) is 54.6 Å².